The maximum Gasteiger partial charge on any atom is 0.188 e. The second kappa shape index (κ2) is 13.8. The van der Waals surface area contributed by atoms with Gasteiger partial charge in [0.05, 0.1) is 13.2 Å². The fourth-order valence-corrected chi connectivity index (χ4v) is 1.87. The van der Waals surface area contributed by atoms with E-state index in [-0.39, 0.29) is 30.0 Å². The number of nitrogens with zero attached hydrogens (tertiary/aromatic N) is 1. The normalized spacial score (nSPS) is 12.5. The van der Waals surface area contributed by atoms with Crippen LogP contribution in [0.1, 0.15) is 25.3 Å². The molecular weight excluding hydrogens is 393 g/mol. The second-order valence-electron chi connectivity index (χ2n) is 5.01. The molecule has 0 saturated carbocycles. The van der Waals surface area contributed by atoms with Crippen LogP contribution in [0.2, 0.25) is 0 Å². The smallest absolute Gasteiger partial charge is 0.188 e. The molecule has 3 N–H and O–H groups in total. The van der Waals surface area contributed by atoms with E-state index in [1.165, 1.54) is 5.56 Å². The predicted octanol–water partition coefficient (Wildman–Crippen LogP) is 2.54. The summed E-state index contributed by atoms with van der Waals surface area (Å²) in [4.78, 5) is 4.27. The van der Waals surface area contributed by atoms with Gasteiger partial charge in [0.15, 0.2) is 5.96 Å². The Kier molecular flexibility index (Phi) is 13.2. The van der Waals surface area contributed by atoms with Crippen LogP contribution in [-0.4, -0.2) is 38.9 Å². The zero-order chi connectivity index (χ0) is 15.3. The van der Waals surface area contributed by atoms with E-state index in [2.05, 4.69) is 22.4 Å². The van der Waals surface area contributed by atoms with E-state index in [1.807, 2.05) is 25.1 Å². The highest BCUT2D eigenvalue weighted by Gasteiger charge is 2.00. The van der Waals surface area contributed by atoms with Gasteiger partial charge in [-0.1, -0.05) is 30.3 Å². The summed E-state index contributed by atoms with van der Waals surface area (Å²) in [6, 6.07) is 10.4. The molecule has 5 nitrogen and oxygen atoms in total. The molecule has 0 aliphatic rings. The van der Waals surface area contributed by atoms with E-state index in [1.54, 1.807) is 7.11 Å². The predicted molar refractivity (Wildman–Crippen MR) is 102 cm³/mol. The molecule has 0 bridgehead atoms. The van der Waals surface area contributed by atoms with Gasteiger partial charge in [0, 0.05) is 26.3 Å². The van der Waals surface area contributed by atoms with Crippen LogP contribution >= 0.6 is 24.0 Å². The first-order valence-electron chi connectivity index (χ1n) is 7.39. The Morgan fingerprint density at radius 1 is 1.27 bits per heavy atom. The third-order valence-electron chi connectivity index (χ3n) is 2.90. The fraction of sp³-hybridized carbons (Fsp3) is 0.562. The molecule has 0 radical (unpaired) electrons. The van der Waals surface area contributed by atoms with E-state index >= 15 is 0 Å². The minimum atomic E-state index is 0. The summed E-state index contributed by atoms with van der Waals surface area (Å²) in [5, 5.41) is 3.08. The van der Waals surface area contributed by atoms with Crippen molar-refractivity contribution < 1.29 is 9.47 Å². The summed E-state index contributed by atoms with van der Waals surface area (Å²) >= 11 is 0. The number of nitrogens with one attached hydrogen (secondary N) is 1. The maximum atomic E-state index is 5.77. The van der Waals surface area contributed by atoms with Crippen LogP contribution in [0, 0.1) is 0 Å². The van der Waals surface area contributed by atoms with Crippen molar-refractivity contribution >= 4 is 29.9 Å². The van der Waals surface area contributed by atoms with Crippen molar-refractivity contribution in [3.63, 3.8) is 0 Å². The van der Waals surface area contributed by atoms with Gasteiger partial charge in [-0.25, -0.2) is 0 Å². The highest BCUT2D eigenvalue weighted by atomic mass is 127. The Bertz CT molecular complexity index is 402. The fourth-order valence-electron chi connectivity index (χ4n) is 1.87. The Morgan fingerprint density at radius 2 is 2.00 bits per heavy atom. The molecule has 0 saturated heterocycles. The quantitative estimate of drug-likeness (QED) is 0.264. The highest BCUT2D eigenvalue weighted by molar-refractivity contribution is 14.0. The number of guanidine groups is 1. The zero-order valence-corrected chi connectivity index (χ0v) is 15.8. The molecule has 0 aliphatic heterocycles. The lowest BCUT2D eigenvalue weighted by molar-refractivity contribution is 0.117. The van der Waals surface area contributed by atoms with Crippen molar-refractivity contribution in [3.8, 4) is 0 Å². The number of rotatable bonds is 10. The van der Waals surface area contributed by atoms with Crippen molar-refractivity contribution in [3.05, 3.63) is 35.9 Å². The van der Waals surface area contributed by atoms with Crippen LogP contribution in [0.4, 0.5) is 0 Å². The standard InChI is InChI=1S/C16H27N3O2.HI/c1-14(12-20-2)19-16(17)18-10-6-7-11-21-13-15-8-4-3-5-9-15;/h3-5,8-9,14H,6-7,10-13H2,1-2H3,(H3,17,18,19);1H. The SMILES string of the molecule is COCC(C)NC(N)=NCCCCOCc1ccccc1.I. The first kappa shape index (κ1) is 21.1. The number of unbranched alkanes of at least 4 members (excludes halogenated alkanes) is 1. The van der Waals surface area contributed by atoms with Crippen molar-refractivity contribution in [2.45, 2.75) is 32.4 Å². The Hall–Kier alpha value is -0.860. The van der Waals surface area contributed by atoms with Crippen molar-refractivity contribution in [1.29, 1.82) is 0 Å². The molecule has 22 heavy (non-hydrogen) atoms. The van der Waals surface area contributed by atoms with Crippen LogP contribution in [0.5, 0.6) is 0 Å². The molecule has 0 aliphatic carbocycles. The first-order valence-corrected chi connectivity index (χ1v) is 7.39. The van der Waals surface area contributed by atoms with Crippen molar-refractivity contribution in [2.24, 2.45) is 10.7 Å². The third-order valence-corrected chi connectivity index (χ3v) is 2.90. The van der Waals surface area contributed by atoms with Crippen LogP contribution < -0.4 is 11.1 Å². The minimum absolute atomic E-state index is 0. The number of ether oxygens (including phenoxy) is 2. The van der Waals surface area contributed by atoms with Crippen molar-refractivity contribution in [1.82, 2.24) is 5.32 Å². The highest BCUT2D eigenvalue weighted by Crippen LogP contribution is 2.01. The number of halogens is 1. The summed E-state index contributed by atoms with van der Waals surface area (Å²) in [5.74, 6) is 0.477. The molecule has 1 unspecified atom stereocenters. The molecule has 1 atom stereocenters. The molecule has 0 fully saturated rings. The van der Waals surface area contributed by atoms with Gasteiger partial charge in [0.2, 0.25) is 0 Å². The van der Waals surface area contributed by atoms with Gasteiger partial charge in [-0.05, 0) is 25.3 Å². The molecule has 1 aromatic rings. The maximum absolute atomic E-state index is 5.77. The van der Waals surface area contributed by atoms with Gasteiger partial charge in [-0.2, -0.15) is 0 Å². The second-order valence-corrected chi connectivity index (χ2v) is 5.01. The lowest BCUT2D eigenvalue weighted by Gasteiger charge is -2.12. The molecule has 6 heteroatoms. The summed E-state index contributed by atoms with van der Waals surface area (Å²) in [5.41, 5.74) is 6.98. The van der Waals surface area contributed by atoms with E-state index in [4.69, 9.17) is 15.2 Å². The van der Waals surface area contributed by atoms with E-state index < -0.39 is 0 Å². The molecule has 1 rings (SSSR count). The molecule has 1 aromatic carbocycles. The van der Waals surface area contributed by atoms with Gasteiger partial charge >= 0.3 is 0 Å². The van der Waals surface area contributed by atoms with Gasteiger partial charge in [-0.3, -0.25) is 4.99 Å². The molecular formula is C16H28IN3O2. The Balaban J connectivity index is 0.00000441. The number of nitrogens with two attached hydrogens (primary N) is 1. The molecule has 0 heterocycles. The third kappa shape index (κ3) is 10.8. The Labute approximate surface area is 150 Å². The van der Waals surface area contributed by atoms with Gasteiger partial charge in [0.25, 0.3) is 0 Å². The number of aliphatic imine (C=N–C) groups is 1. The van der Waals surface area contributed by atoms with E-state index in [9.17, 15) is 0 Å². The monoisotopic (exact) mass is 421 g/mol. The molecule has 0 spiro atoms. The van der Waals surface area contributed by atoms with Crippen LogP contribution in [0.3, 0.4) is 0 Å². The summed E-state index contributed by atoms with van der Waals surface area (Å²) in [6.07, 6.45) is 1.95. The van der Waals surface area contributed by atoms with Crippen molar-refractivity contribution in [2.75, 3.05) is 26.9 Å². The van der Waals surface area contributed by atoms with E-state index in [0.717, 1.165) is 19.4 Å². The number of benzene rings is 1. The van der Waals surface area contributed by atoms with Gasteiger partial charge < -0.3 is 20.5 Å². The first-order chi connectivity index (χ1) is 10.2. The number of hydrogen-bond acceptors (Lipinski definition) is 3. The zero-order valence-electron chi connectivity index (χ0n) is 13.5. The topological polar surface area (TPSA) is 68.9 Å². The lowest BCUT2D eigenvalue weighted by Crippen LogP contribution is -2.40. The van der Waals surface area contributed by atoms with Crippen LogP contribution in [-0.2, 0) is 16.1 Å². The summed E-state index contributed by atoms with van der Waals surface area (Å²) < 4.78 is 10.6. The minimum Gasteiger partial charge on any atom is -0.383 e. The molecule has 0 aromatic heterocycles. The Morgan fingerprint density at radius 3 is 2.68 bits per heavy atom. The number of methoxy groups -OCH3 is 1. The molecule has 0 amide bonds. The number of hydrogen-bond donors (Lipinski definition) is 2. The average Bonchev–Trinajstić information content (AvgIpc) is 2.47. The summed E-state index contributed by atoms with van der Waals surface area (Å²) in [6.45, 7) is 4.75. The van der Waals surface area contributed by atoms with Crippen LogP contribution in [0.15, 0.2) is 35.3 Å². The van der Waals surface area contributed by atoms with E-state index in [0.29, 0.717) is 25.7 Å². The van der Waals surface area contributed by atoms with Crippen LogP contribution in [0.25, 0.3) is 0 Å². The largest absolute Gasteiger partial charge is 0.383 e. The van der Waals surface area contributed by atoms with Gasteiger partial charge in [0.1, 0.15) is 0 Å². The average molecular weight is 421 g/mol. The van der Waals surface area contributed by atoms with Gasteiger partial charge in [-0.15, -0.1) is 24.0 Å². The lowest BCUT2D eigenvalue weighted by atomic mass is 10.2. The summed E-state index contributed by atoms with van der Waals surface area (Å²) in [7, 11) is 1.67. The molecule has 126 valence electrons.